The van der Waals surface area contributed by atoms with Crippen LogP contribution in [0.1, 0.15) is 65.7 Å². The molecule has 0 aromatic rings. The Morgan fingerprint density at radius 2 is 1.75 bits per heavy atom. The first-order valence-corrected chi connectivity index (χ1v) is 11.1. The summed E-state index contributed by atoms with van der Waals surface area (Å²) in [6, 6.07) is 0.496. The van der Waals surface area contributed by atoms with Crippen molar-refractivity contribution in [2.24, 2.45) is 16.8 Å². The van der Waals surface area contributed by atoms with Gasteiger partial charge in [-0.1, -0.05) is 33.1 Å². The Morgan fingerprint density at radius 1 is 1.07 bits per heavy atom. The van der Waals surface area contributed by atoms with Gasteiger partial charge in [-0.2, -0.15) is 0 Å². The van der Waals surface area contributed by atoms with E-state index in [0.717, 1.165) is 18.4 Å². The van der Waals surface area contributed by atoms with Gasteiger partial charge in [0.05, 0.1) is 6.54 Å². The van der Waals surface area contributed by atoms with Crippen LogP contribution in [-0.2, 0) is 4.79 Å². The van der Waals surface area contributed by atoms with Gasteiger partial charge in [-0.25, -0.2) is 0 Å². The number of nitrogens with one attached hydrogen (secondary N) is 3. The number of amides is 1. The number of rotatable bonds is 8. The van der Waals surface area contributed by atoms with Crippen molar-refractivity contribution in [1.82, 2.24) is 20.9 Å². The van der Waals surface area contributed by atoms with Gasteiger partial charge >= 0.3 is 0 Å². The Morgan fingerprint density at radius 3 is 2.36 bits per heavy atom. The topological polar surface area (TPSA) is 68.8 Å². The average Bonchev–Trinajstić information content (AvgIpc) is 2.67. The number of carbonyl (C=O) groups is 1. The van der Waals surface area contributed by atoms with Crippen molar-refractivity contribution in [3.63, 3.8) is 0 Å². The zero-order valence-electron chi connectivity index (χ0n) is 18.1. The van der Waals surface area contributed by atoms with Crippen molar-refractivity contribution in [2.45, 2.75) is 71.8 Å². The number of hydrogen-bond donors (Lipinski definition) is 3. The second kappa shape index (κ2) is 14.4. The van der Waals surface area contributed by atoms with Crippen molar-refractivity contribution >= 4 is 35.8 Å². The molecule has 0 radical (unpaired) electrons. The Labute approximate surface area is 189 Å². The van der Waals surface area contributed by atoms with E-state index in [9.17, 15) is 4.79 Å². The number of hydrogen-bond acceptors (Lipinski definition) is 3. The molecule has 1 aliphatic carbocycles. The molecule has 0 unspecified atom stereocenters. The van der Waals surface area contributed by atoms with E-state index >= 15 is 0 Å². The second-order valence-electron chi connectivity index (χ2n) is 8.43. The van der Waals surface area contributed by atoms with E-state index in [1.54, 1.807) is 0 Å². The third kappa shape index (κ3) is 9.76. The average molecular weight is 508 g/mol. The molecule has 1 aliphatic heterocycles. The number of carbonyl (C=O) groups excluding carboxylic acids is 1. The van der Waals surface area contributed by atoms with E-state index in [2.05, 4.69) is 32.8 Å². The van der Waals surface area contributed by atoms with Crippen molar-refractivity contribution < 1.29 is 4.79 Å². The first-order valence-electron chi connectivity index (χ1n) is 11.1. The quantitative estimate of drug-likeness (QED) is 0.205. The summed E-state index contributed by atoms with van der Waals surface area (Å²) < 4.78 is 0. The summed E-state index contributed by atoms with van der Waals surface area (Å²) in [7, 11) is 0. The van der Waals surface area contributed by atoms with E-state index in [1.165, 1.54) is 64.6 Å². The molecule has 3 N–H and O–H groups in total. The summed E-state index contributed by atoms with van der Waals surface area (Å²) in [4.78, 5) is 18.9. The van der Waals surface area contributed by atoms with Gasteiger partial charge in [-0.05, 0) is 38.5 Å². The summed E-state index contributed by atoms with van der Waals surface area (Å²) in [6.45, 7) is 11.6. The van der Waals surface area contributed by atoms with Crippen LogP contribution in [-0.4, -0.2) is 62.1 Å². The highest BCUT2D eigenvalue weighted by atomic mass is 127. The molecule has 1 amide bonds. The van der Waals surface area contributed by atoms with Crippen LogP contribution < -0.4 is 16.0 Å². The lowest BCUT2D eigenvalue weighted by molar-refractivity contribution is -0.123. The normalized spacial score (nSPS) is 19.9. The van der Waals surface area contributed by atoms with Gasteiger partial charge in [-0.15, -0.1) is 24.0 Å². The monoisotopic (exact) mass is 507 g/mol. The first kappa shape index (κ1) is 25.5. The minimum atomic E-state index is 0. The number of aliphatic imine (C=N–C) groups is 1. The smallest absolute Gasteiger partial charge is 0.222 e. The lowest BCUT2D eigenvalue weighted by Crippen LogP contribution is -2.49. The van der Waals surface area contributed by atoms with Gasteiger partial charge in [0.25, 0.3) is 0 Å². The van der Waals surface area contributed by atoms with Crippen LogP contribution in [0.15, 0.2) is 4.99 Å². The highest BCUT2D eigenvalue weighted by Gasteiger charge is 2.23. The van der Waals surface area contributed by atoms with Crippen molar-refractivity contribution in [2.75, 3.05) is 39.3 Å². The minimum absolute atomic E-state index is 0. The molecule has 2 fully saturated rings. The third-order valence-electron chi connectivity index (χ3n) is 5.72. The molecule has 2 aliphatic rings. The fourth-order valence-corrected chi connectivity index (χ4v) is 4.06. The maximum atomic E-state index is 11.6. The van der Waals surface area contributed by atoms with Crippen LogP contribution in [0.4, 0.5) is 0 Å². The molecule has 2 rings (SSSR count). The van der Waals surface area contributed by atoms with Crippen LogP contribution in [0, 0.1) is 11.8 Å². The lowest BCUT2D eigenvalue weighted by Gasteiger charge is -2.36. The minimum Gasteiger partial charge on any atom is -0.357 e. The molecule has 164 valence electrons. The molecular formula is C21H42IN5O. The molecule has 1 saturated heterocycles. The summed E-state index contributed by atoms with van der Waals surface area (Å²) in [6.07, 6.45) is 9.54. The predicted octanol–water partition coefficient (Wildman–Crippen LogP) is 2.98. The highest BCUT2D eigenvalue weighted by molar-refractivity contribution is 14.0. The number of likely N-dealkylation sites (tertiary alicyclic amines) is 1. The van der Waals surface area contributed by atoms with Gasteiger partial charge in [0.15, 0.2) is 5.96 Å². The van der Waals surface area contributed by atoms with E-state index in [4.69, 9.17) is 0 Å². The highest BCUT2D eigenvalue weighted by Crippen LogP contribution is 2.25. The van der Waals surface area contributed by atoms with Gasteiger partial charge in [0.1, 0.15) is 0 Å². The molecule has 1 heterocycles. The van der Waals surface area contributed by atoms with E-state index in [1.807, 2.05) is 13.8 Å². The third-order valence-corrected chi connectivity index (χ3v) is 5.72. The van der Waals surface area contributed by atoms with Crippen LogP contribution >= 0.6 is 24.0 Å². The van der Waals surface area contributed by atoms with E-state index in [-0.39, 0.29) is 35.8 Å². The molecule has 7 heteroatoms. The van der Waals surface area contributed by atoms with Crippen molar-refractivity contribution in [3.8, 4) is 0 Å². The lowest BCUT2D eigenvalue weighted by atomic mass is 9.88. The molecule has 1 saturated carbocycles. The van der Waals surface area contributed by atoms with E-state index < -0.39 is 0 Å². The molecule has 0 aromatic carbocycles. The number of nitrogens with zero attached hydrogens (tertiary/aromatic N) is 2. The predicted molar refractivity (Wildman–Crippen MR) is 128 cm³/mol. The zero-order valence-corrected chi connectivity index (χ0v) is 20.5. The van der Waals surface area contributed by atoms with Crippen LogP contribution in [0.2, 0.25) is 0 Å². The van der Waals surface area contributed by atoms with Crippen LogP contribution in [0.3, 0.4) is 0 Å². The molecule has 28 heavy (non-hydrogen) atoms. The van der Waals surface area contributed by atoms with Gasteiger partial charge < -0.3 is 20.9 Å². The summed E-state index contributed by atoms with van der Waals surface area (Å²) in [5, 5.41) is 9.84. The summed E-state index contributed by atoms with van der Waals surface area (Å²) in [5.74, 6) is 1.93. The Balaban J connectivity index is 0.00000392. The van der Waals surface area contributed by atoms with Gasteiger partial charge in [0, 0.05) is 44.7 Å². The standard InChI is InChI=1S/C21H41N5O.HI/c1-4-22-21(24-13-12-23-20(27)17(2)3)25-19-10-14-26(15-11-19)16-18-8-6-5-7-9-18;/h17-19H,4-16H2,1-3H3,(H,23,27)(H2,22,24,25);1H. The van der Waals surface area contributed by atoms with E-state index in [0.29, 0.717) is 19.1 Å². The van der Waals surface area contributed by atoms with Gasteiger partial charge in [-0.3, -0.25) is 9.79 Å². The summed E-state index contributed by atoms with van der Waals surface area (Å²) in [5.41, 5.74) is 0. The maximum Gasteiger partial charge on any atom is 0.222 e. The Kier molecular flexibility index (Phi) is 13.1. The molecule has 0 atom stereocenters. The van der Waals surface area contributed by atoms with Crippen molar-refractivity contribution in [1.29, 1.82) is 0 Å². The first-order chi connectivity index (χ1) is 13.1. The largest absolute Gasteiger partial charge is 0.357 e. The fraction of sp³-hybridized carbons (Fsp3) is 0.905. The zero-order chi connectivity index (χ0) is 19.5. The van der Waals surface area contributed by atoms with Crippen molar-refractivity contribution in [3.05, 3.63) is 0 Å². The summed E-state index contributed by atoms with van der Waals surface area (Å²) >= 11 is 0. The van der Waals surface area contributed by atoms with Gasteiger partial charge in [0.2, 0.25) is 5.91 Å². The Hall–Kier alpha value is -0.570. The van der Waals surface area contributed by atoms with Crippen LogP contribution in [0.25, 0.3) is 0 Å². The number of halogens is 1. The maximum absolute atomic E-state index is 11.6. The molecule has 0 spiro atoms. The molecule has 6 nitrogen and oxygen atoms in total. The molecular weight excluding hydrogens is 465 g/mol. The fourth-order valence-electron chi connectivity index (χ4n) is 4.06. The number of piperidine rings is 1. The number of guanidine groups is 1. The SMILES string of the molecule is CCNC(=NCCNC(=O)C(C)C)NC1CCN(CC2CCCCC2)CC1.I. The second-order valence-corrected chi connectivity index (χ2v) is 8.43. The van der Waals surface area contributed by atoms with Crippen LogP contribution in [0.5, 0.6) is 0 Å². The molecule has 0 aromatic heterocycles. The Bertz CT molecular complexity index is 458. The molecule has 0 bridgehead atoms.